The summed E-state index contributed by atoms with van der Waals surface area (Å²) >= 11 is 0. The lowest BCUT2D eigenvalue weighted by Gasteiger charge is -2.36. The first kappa shape index (κ1) is 11.9. The third kappa shape index (κ3) is 2.44. The van der Waals surface area contributed by atoms with Crippen molar-refractivity contribution in [2.75, 3.05) is 0 Å². The molecule has 1 aliphatic heterocycles. The number of nitrogens with one attached hydrogen (secondary N) is 1. The largest absolute Gasteiger partial charge is 0.416 e. The van der Waals surface area contributed by atoms with E-state index in [4.69, 9.17) is 11.5 Å². The molecule has 0 radical (unpaired) electrons. The van der Waals surface area contributed by atoms with Gasteiger partial charge in [-0.15, -0.1) is 0 Å². The van der Waals surface area contributed by atoms with Gasteiger partial charge in [0.2, 0.25) is 0 Å². The molecule has 0 fully saturated rings. The van der Waals surface area contributed by atoms with Gasteiger partial charge in [-0.2, -0.15) is 13.2 Å². The normalized spacial score (nSPS) is 26.7. The van der Waals surface area contributed by atoms with E-state index in [-0.39, 0.29) is 12.2 Å². The van der Waals surface area contributed by atoms with Gasteiger partial charge in [0.15, 0.2) is 0 Å². The van der Waals surface area contributed by atoms with Crippen LogP contribution in [-0.2, 0) is 0 Å². The van der Waals surface area contributed by atoms with Crippen LogP contribution in [0.2, 0.25) is 0 Å². The fraction of sp³-hybridized carbons (Fsp3) is 0.556. The van der Waals surface area contributed by atoms with Gasteiger partial charge in [-0.05, 0) is 18.6 Å². The summed E-state index contributed by atoms with van der Waals surface area (Å²) in [6.07, 6.45) is -1.63. The number of hydrogen-bond acceptors (Lipinski definition) is 3. The van der Waals surface area contributed by atoms with Crippen molar-refractivity contribution in [3.05, 3.63) is 23.5 Å². The Kier molecular flexibility index (Phi) is 2.99. The van der Waals surface area contributed by atoms with E-state index in [1.54, 1.807) is 6.92 Å². The van der Waals surface area contributed by atoms with Crippen LogP contribution in [0.25, 0.3) is 0 Å². The number of rotatable bonds is 2. The Bertz CT molecular complexity index is 306. The summed E-state index contributed by atoms with van der Waals surface area (Å²) in [5, 5.41) is 2.48. The Balaban J connectivity index is 3.07. The smallest absolute Gasteiger partial charge is 0.385 e. The Hall–Kier alpha value is -1.17. The molecule has 5 N–H and O–H groups in total. The number of dihydropyridines is 1. The lowest BCUT2D eigenvalue weighted by molar-refractivity contribution is -0.103. The van der Waals surface area contributed by atoms with E-state index >= 15 is 0 Å². The highest BCUT2D eigenvalue weighted by Gasteiger charge is 2.46. The second-order valence-electron chi connectivity index (χ2n) is 3.55. The molecular weight excluding hydrogens is 207 g/mol. The minimum absolute atomic E-state index is 0.152. The minimum atomic E-state index is -4.44. The zero-order chi connectivity index (χ0) is 11.7. The van der Waals surface area contributed by atoms with Crippen molar-refractivity contribution < 1.29 is 13.2 Å². The van der Waals surface area contributed by atoms with Crippen LogP contribution in [0, 0.1) is 0 Å². The first-order valence-electron chi connectivity index (χ1n) is 4.62. The molecule has 1 rings (SSSR count). The van der Waals surface area contributed by atoms with Crippen LogP contribution in [0.5, 0.6) is 0 Å². The second-order valence-corrected chi connectivity index (χ2v) is 3.55. The van der Waals surface area contributed by atoms with Gasteiger partial charge < -0.3 is 16.8 Å². The maximum Gasteiger partial charge on any atom is 0.416 e. The van der Waals surface area contributed by atoms with E-state index in [0.717, 1.165) is 6.08 Å². The molecule has 1 atom stereocenters. The number of alkyl halides is 3. The zero-order valence-corrected chi connectivity index (χ0v) is 8.36. The van der Waals surface area contributed by atoms with E-state index in [2.05, 4.69) is 5.32 Å². The lowest BCUT2D eigenvalue weighted by atomic mass is 9.92. The van der Waals surface area contributed by atoms with Crippen LogP contribution in [0.3, 0.4) is 0 Å². The molecule has 0 saturated heterocycles. The maximum absolute atomic E-state index is 12.6. The maximum atomic E-state index is 12.6. The number of allylic oxidation sites excluding steroid dienone is 2. The molecule has 3 nitrogen and oxygen atoms in total. The first-order chi connectivity index (χ1) is 6.79. The van der Waals surface area contributed by atoms with E-state index in [1.807, 2.05) is 0 Å². The first-order valence-corrected chi connectivity index (χ1v) is 4.62. The molecule has 1 heterocycles. The topological polar surface area (TPSA) is 64.1 Å². The van der Waals surface area contributed by atoms with Crippen molar-refractivity contribution in [3.8, 4) is 0 Å². The summed E-state index contributed by atoms with van der Waals surface area (Å²) < 4.78 is 37.9. The third-order valence-electron chi connectivity index (χ3n) is 2.23. The second kappa shape index (κ2) is 3.77. The summed E-state index contributed by atoms with van der Waals surface area (Å²) in [7, 11) is 0. The zero-order valence-electron chi connectivity index (χ0n) is 8.36. The molecule has 1 unspecified atom stereocenters. The van der Waals surface area contributed by atoms with Gasteiger partial charge in [0, 0.05) is 0 Å². The SMILES string of the molecule is CCCC1(N)NC(N)=CC=C1C(F)(F)F. The van der Waals surface area contributed by atoms with Gasteiger partial charge in [-0.25, -0.2) is 0 Å². The standard InChI is InChI=1S/C9H14F3N3/c1-2-5-8(14)6(9(10,11)12)3-4-7(13)15-8/h3-4,15H,2,5,13-14H2,1H3. The van der Waals surface area contributed by atoms with Crippen LogP contribution in [-0.4, -0.2) is 11.8 Å². The minimum Gasteiger partial charge on any atom is -0.385 e. The molecule has 0 spiro atoms. The predicted molar refractivity (Wildman–Crippen MR) is 51.4 cm³/mol. The molecular formula is C9H14F3N3. The molecule has 0 bridgehead atoms. The summed E-state index contributed by atoms with van der Waals surface area (Å²) in [6.45, 7) is 1.76. The molecule has 0 aromatic carbocycles. The van der Waals surface area contributed by atoms with Crippen molar-refractivity contribution in [1.29, 1.82) is 0 Å². The van der Waals surface area contributed by atoms with E-state index in [0.29, 0.717) is 6.42 Å². The Labute approximate surface area is 86.0 Å². The molecule has 0 amide bonds. The summed E-state index contributed by atoms with van der Waals surface area (Å²) in [5.74, 6) is 0.152. The highest BCUT2D eigenvalue weighted by atomic mass is 19.4. The predicted octanol–water partition coefficient (Wildman–Crippen LogP) is 1.33. The molecule has 0 saturated carbocycles. The number of hydrogen-bond donors (Lipinski definition) is 3. The lowest BCUT2D eigenvalue weighted by Crippen LogP contribution is -2.59. The van der Waals surface area contributed by atoms with Gasteiger partial charge in [-0.1, -0.05) is 13.3 Å². The molecule has 0 aromatic rings. The number of halogens is 3. The van der Waals surface area contributed by atoms with Crippen molar-refractivity contribution in [2.24, 2.45) is 11.5 Å². The van der Waals surface area contributed by atoms with Crippen LogP contribution in [0.15, 0.2) is 23.5 Å². The van der Waals surface area contributed by atoms with Gasteiger partial charge >= 0.3 is 6.18 Å². The molecule has 0 aromatic heterocycles. The van der Waals surface area contributed by atoms with Gasteiger partial charge in [-0.3, -0.25) is 0 Å². The molecule has 1 aliphatic rings. The molecule has 6 heteroatoms. The van der Waals surface area contributed by atoms with Crippen LogP contribution >= 0.6 is 0 Å². The van der Waals surface area contributed by atoms with Crippen molar-refractivity contribution in [3.63, 3.8) is 0 Å². The monoisotopic (exact) mass is 221 g/mol. The van der Waals surface area contributed by atoms with Crippen molar-refractivity contribution in [2.45, 2.75) is 31.6 Å². The van der Waals surface area contributed by atoms with Crippen LogP contribution in [0.1, 0.15) is 19.8 Å². The Morgan fingerprint density at radius 2 is 2.00 bits per heavy atom. The van der Waals surface area contributed by atoms with Gasteiger partial charge in [0.05, 0.1) is 11.4 Å². The fourth-order valence-electron chi connectivity index (χ4n) is 1.63. The quantitative estimate of drug-likeness (QED) is 0.659. The highest BCUT2D eigenvalue weighted by Crippen LogP contribution is 2.35. The summed E-state index contributed by atoms with van der Waals surface area (Å²) in [6, 6.07) is 0. The van der Waals surface area contributed by atoms with Crippen molar-refractivity contribution >= 4 is 0 Å². The molecule has 0 aliphatic carbocycles. The Morgan fingerprint density at radius 1 is 1.40 bits per heavy atom. The summed E-state index contributed by atoms with van der Waals surface area (Å²) in [5.41, 5.74) is 8.68. The molecule has 15 heavy (non-hydrogen) atoms. The van der Waals surface area contributed by atoms with E-state index < -0.39 is 17.4 Å². The summed E-state index contributed by atoms with van der Waals surface area (Å²) in [4.78, 5) is 0. The number of nitrogens with two attached hydrogens (primary N) is 2. The average Bonchev–Trinajstić information content (AvgIpc) is 2.00. The van der Waals surface area contributed by atoms with E-state index in [9.17, 15) is 13.2 Å². The van der Waals surface area contributed by atoms with E-state index in [1.165, 1.54) is 6.08 Å². The molecule has 86 valence electrons. The fourth-order valence-corrected chi connectivity index (χ4v) is 1.63. The van der Waals surface area contributed by atoms with Crippen LogP contribution in [0.4, 0.5) is 13.2 Å². The van der Waals surface area contributed by atoms with Gasteiger partial charge in [0.1, 0.15) is 5.66 Å². The van der Waals surface area contributed by atoms with Gasteiger partial charge in [0.25, 0.3) is 0 Å². The Morgan fingerprint density at radius 3 is 2.47 bits per heavy atom. The van der Waals surface area contributed by atoms with Crippen LogP contribution < -0.4 is 16.8 Å². The third-order valence-corrected chi connectivity index (χ3v) is 2.23. The highest BCUT2D eigenvalue weighted by molar-refractivity contribution is 5.34. The van der Waals surface area contributed by atoms with Crippen molar-refractivity contribution in [1.82, 2.24) is 5.32 Å². The average molecular weight is 221 g/mol.